The first-order chi connectivity index (χ1) is 15.8. The molecule has 0 aromatic heterocycles. The van der Waals surface area contributed by atoms with Gasteiger partial charge in [-0.25, -0.2) is 8.42 Å². The summed E-state index contributed by atoms with van der Waals surface area (Å²) >= 11 is 0. The fourth-order valence-electron chi connectivity index (χ4n) is 3.26. The van der Waals surface area contributed by atoms with Crippen LogP contribution in [-0.2, 0) is 52.9 Å². The monoisotopic (exact) mass is 501 g/mol. The van der Waals surface area contributed by atoms with Crippen LogP contribution in [0.25, 0.3) is 0 Å². The van der Waals surface area contributed by atoms with Crippen molar-refractivity contribution in [2.24, 2.45) is 0 Å². The zero-order valence-corrected chi connectivity index (χ0v) is 20.1. The fourth-order valence-corrected chi connectivity index (χ4v) is 4.49. The average molecular weight is 502 g/mol. The van der Waals surface area contributed by atoms with Gasteiger partial charge < -0.3 is 23.7 Å². The van der Waals surface area contributed by atoms with Crippen LogP contribution in [0.2, 0.25) is 0 Å². The molecule has 1 aliphatic heterocycles. The molecule has 1 aromatic carbocycles. The summed E-state index contributed by atoms with van der Waals surface area (Å²) in [6.07, 6.45) is -5.77. The fraction of sp³-hybridized carbons (Fsp3) is 0.524. The Bertz CT molecular complexity index is 1020. The second kappa shape index (κ2) is 11.4. The number of benzene rings is 1. The maximum absolute atomic E-state index is 13.1. The van der Waals surface area contributed by atoms with Crippen LogP contribution in [-0.4, -0.2) is 69.5 Å². The maximum atomic E-state index is 13.1. The van der Waals surface area contributed by atoms with Crippen LogP contribution < -0.4 is 4.72 Å². The Labute approximate surface area is 196 Å². The van der Waals surface area contributed by atoms with E-state index < -0.39 is 71.2 Å². The highest BCUT2D eigenvalue weighted by atomic mass is 32.2. The largest absolute Gasteiger partial charge is 0.463 e. The summed E-state index contributed by atoms with van der Waals surface area (Å²) in [5, 5.41) is 0. The predicted octanol–water partition coefficient (Wildman–Crippen LogP) is 0.356. The quantitative estimate of drug-likeness (QED) is 0.387. The van der Waals surface area contributed by atoms with Crippen LogP contribution in [0.1, 0.15) is 33.3 Å². The summed E-state index contributed by atoms with van der Waals surface area (Å²) in [5.74, 6) is -3.15. The molecule has 1 aromatic rings. The second-order valence-corrected chi connectivity index (χ2v) is 9.28. The lowest BCUT2D eigenvalue weighted by Crippen LogP contribution is -2.66. The summed E-state index contributed by atoms with van der Waals surface area (Å²) in [7, 11) is -4.25. The molecular weight excluding hydrogens is 474 g/mol. The molecule has 12 nitrogen and oxygen atoms in total. The maximum Gasteiger partial charge on any atom is 0.304 e. The van der Waals surface area contributed by atoms with Crippen molar-refractivity contribution in [3.05, 3.63) is 29.8 Å². The molecule has 1 N–H and O–H groups in total. The Hall–Kier alpha value is -3.03. The van der Waals surface area contributed by atoms with Crippen LogP contribution in [0.4, 0.5) is 0 Å². The molecule has 0 aliphatic carbocycles. The molecule has 1 fully saturated rings. The number of carbonyl (C=O) groups is 4. The zero-order valence-electron chi connectivity index (χ0n) is 19.3. The normalized spacial score (nSPS) is 24.6. The molecule has 1 heterocycles. The van der Waals surface area contributed by atoms with Crippen molar-refractivity contribution in [2.75, 3.05) is 6.61 Å². The summed E-state index contributed by atoms with van der Waals surface area (Å²) < 4.78 is 54.8. The van der Waals surface area contributed by atoms with Gasteiger partial charge in [-0.3, -0.25) is 19.2 Å². The van der Waals surface area contributed by atoms with Crippen molar-refractivity contribution in [1.82, 2.24) is 4.72 Å². The van der Waals surface area contributed by atoms with E-state index in [0.717, 1.165) is 33.3 Å². The van der Waals surface area contributed by atoms with Crippen molar-refractivity contribution in [3.63, 3.8) is 0 Å². The standard InChI is InChI=1S/C21H27NO11S/c1-11-6-8-16(9-7-11)34(27,28)22-18-20(31-14(4)25)19(30-13(3)24)17(10-29-12(2)23)33-21(18)32-15(5)26/h6-9,17-22H,10H2,1-5H3/t17-,18-,19-,20-,21+/m1/s1. The Morgan fingerprint density at radius 2 is 1.38 bits per heavy atom. The molecule has 34 heavy (non-hydrogen) atoms. The minimum Gasteiger partial charge on any atom is -0.463 e. The zero-order chi connectivity index (χ0) is 25.6. The van der Waals surface area contributed by atoms with E-state index in [4.69, 9.17) is 23.7 Å². The van der Waals surface area contributed by atoms with Crippen molar-refractivity contribution < 1.29 is 51.3 Å². The topological polar surface area (TPSA) is 161 Å². The van der Waals surface area contributed by atoms with Gasteiger partial charge in [-0.15, -0.1) is 0 Å². The average Bonchev–Trinajstić information content (AvgIpc) is 2.70. The molecule has 2 rings (SSSR count). The van der Waals surface area contributed by atoms with Gasteiger partial charge in [0.1, 0.15) is 18.8 Å². The number of hydrogen-bond donors (Lipinski definition) is 1. The van der Waals surface area contributed by atoms with Gasteiger partial charge in [-0.2, -0.15) is 4.72 Å². The molecule has 1 saturated heterocycles. The number of esters is 4. The van der Waals surface area contributed by atoms with E-state index >= 15 is 0 Å². The molecular formula is C21H27NO11S. The summed E-state index contributed by atoms with van der Waals surface area (Å²) in [6, 6.07) is 4.36. The summed E-state index contributed by atoms with van der Waals surface area (Å²) in [5.41, 5.74) is 0.818. The van der Waals surface area contributed by atoms with E-state index in [2.05, 4.69) is 4.72 Å². The Morgan fingerprint density at radius 3 is 1.88 bits per heavy atom. The van der Waals surface area contributed by atoms with Crippen molar-refractivity contribution in [2.45, 2.75) is 70.2 Å². The van der Waals surface area contributed by atoms with Gasteiger partial charge in [0, 0.05) is 27.7 Å². The molecule has 0 unspecified atom stereocenters. The van der Waals surface area contributed by atoms with Gasteiger partial charge in [0.15, 0.2) is 12.2 Å². The van der Waals surface area contributed by atoms with Gasteiger partial charge in [0.2, 0.25) is 16.3 Å². The van der Waals surface area contributed by atoms with E-state index in [-0.39, 0.29) is 4.90 Å². The lowest BCUT2D eigenvalue weighted by molar-refractivity contribution is -0.269. The van der Waals surface area contributed by atoms with Crippen LogP contribution in [0.5, 0.6) is 0 Å². The molecule has 13 heteroatoms. The van der Waals surface area contributed by atoms with Crippen LogP contribution in [0, 0.1) is 6.92 Å². The molecule has 188 valence electrons. The number of aryl methyl sites for hydroxylation is 1. The number of hydrogen-bond acceptors (Lipinski definition) is 11. The van der Waals surface area contributed by atoms with Crippen molar-refractivity contribution in [3.8, 4) is 0 Å². The second-order valence-electron chi connectivity index (χ2n) is 7.56. The number of nitrogens with one attached hydrogen (secondary N) is 1. The third-order valence-corrected chi connectivity index (χ3v) is 6.08. The number of ether oxygens (including phenoxy) is 5. The SMILES string of the molecule is CC(=O)OC[C@H]1O[C@H](OC(C)=O)[C@H](NS(=O)(=O)c2ccc(C)cc2)[C@@H](OC(C)=O)[C@@H]1OC(C)=O. The summed E-state index contributed by atoms with van der Waals surface area (Å²) in [4.78, 5) is 46.6. The van der Waals surface area contributed by atoms with Crippen molar-refractivity contribution >= 4 is 33.9 Å². The van der Waals surface area contributed by atoms with Crippen LogP contribution in [0.3, 0.4) is 0 Å². The highest BCUT2D eigenvalue weighted by Gasteiger charge is 2.53. The van der Waals surface area contributed by atoms with Crippen molar-refractivity contribution in [1.29, 1.82) is 0 Å². The minimum absolute atomic E-state index is 0.118. The number of rotatable bonds is 8. The van der Waals surface area contributed by atoms with E-state index in [1.54, 1.807) is 19.1 Å². The highest BCUT2D eigenvalue weighted by molar-refractivity contribution is 7.89. The first kappa shape index (κ1) is 27.2. The van der Waals surface area contributed by atoms with E-state index in [1.807, 2.05) is 0 Å². The molecule has 0 radical (unpaired) electrons. The predicted molar refractivity (Wildman–Crippen MR) is 113 cm³/mol. The Morgan fingerprint density at radius 1 is 0.853 bits per heavy atom. The van der Waals surface area contributed by atoms with E-state index in [0.29, 0.717) is 0 Å². The van der Waals surface area contributed by atoms with Gasteiger partial charge in [-0.1, -0.05) is 17.7 Å². The first-order valence-electron chi connectivity index (χ1n) is 10.2. The molecule has 5 atom stereocenters. The molecule has 0 saturated carbocycles. The Kier molecular flexibility index (Phi) is 9.13. The number of carbonyl (C=O) groups excluding carboxylic acids is 4. The summed E-state index contributed by atoms with van der Waals surface area (Å²) in [6.45, 7) is 5.66. The van der Waals surface area contributed by atoms with E-state index in [9.17, 15) is 27.6 Å². The lowest BCUT2D eigenvalue weighted by Gasteiger charge is -2.44. The third kappa shape index (κ3) is 7.50. The molecule has 0 amide bonds. The van der Waals surface area contributed by atoms with Gasteiger partial charge in [-0.05, 0) is 19.1 Å². The highest BCUT2D eigenvalue weighted by Crippen LogP contribution is 2.29. The van der Waals surface area contributed by atoms with Crippen LogP contribution >= 0.6 is 0 Å². The Balaban J connectivity index is 2.52. The third-order valence-electron chi connectivity index (χ3n) is 4.61. The van der Waals surface area contributed by atoms with Gasteiger partial charge in [0.05, 0.1) is 4.90 Å². The first-order valence-corrected chi connectivity index (χ1v) is 11.7. The minimum atomic E-state index is -4.25. The smallest absolute Gasteiger partial charge is 0.304 e. The van der Waals surface area contributed by atoms with Gasteiger partial charge in [0.25, 0.3) is 0 Å². The molecule has 0 bridgehead atoms. The molecule has 1 aliphatic rings. The van der Waals surface area contributed by atoms with E-state index in [1.165, 1.54) is 12.1 Å². The van der Waals surface area contributed by atoms with Gasteiger partial charge >= 0.3 is 23.9 Å². The van der Waals surface area contributed by atoms with Crippen LogP contribution in [0.15, 0.2) is 29.2 Å². The lowest BCUT2D eigenvalue weighted by atomic mass is 9.97. The number of sulfonamides is 1. The molecule has 0 spiro atoms.